The Morgan fingerprint density at radius 2 is 2.24 bits per heavy atom. The Morgan fingerprint density at radius 1 is 1.53 bits per heavy atom. The van der Waals surface area contributed by atoms with Crippen LogP contribution in [0.3, 0.4) is 0 Å². The number of hydrogen-bond donors (Lipinski definition) is 3. The number of nitrogen functional groups attached to an aromatic ring is 1. The van der Waals surface area contributed by atoms with Gasteiger partial charge in [0.05, 0.1) is 0 Å². The van der Waals surface area contributed by atoms with Gasteiger partial charge in [-0.15, -0.1) is 16.2 Å². The van der Waals surface area contributed by atoms with Crippen molar-refractivity contribution in [3.05, 3.63) is 11.6 Å². The third kappa shape index (κ3) is 2.12. The van der Waals surface area contributed by atoms with Crippen LogP contribution in [0, 0.1) is 0 Å². The van der Waals surface area contributed by atoms with Crippen molar-refractivity contribution >= 4 is 32.1 Å². The van der Waals surface area contributed by atoms with Crippen molar-refractivity contribution in [2.75, 3.05) is 19.5 Å². The number of nitrogens with zero attached hydrogens (tertiary/aromatic N) is 3. The lowest BCUT2D eigenvalue weighted by atomic mass is 10.7. The van der Waals surface area contributed by atoms with Crippen molar-refractivity contribution in [3.63, 3.8) is 0 Å². The first kappa shape index (κ1) is 12.3. The smallest absolute Gasteiger partial charge is 0.273 e. The molecule has 2 heterocycles. The molecule has 94 valence electrons. The number of sulfonamides is 1. The van der Waals surface area contributed by atoms with Gasteiger partial charge < -0.3 is 5.43 Å². The summed E-state index contributed by atoms with van der Waals surface area (Å²) in [5.41, 5.74) is 2.29. The molecule has 4 N–H and O–H groups in total. The van der Waals surface area contributed by atoms with Crippen LogP contribution in [-0.2, 0) is 10.0 Å². The number of hydrazine groups is 2. The van der Waals surface area contributed by atoms with Crippen LogP contribution in [0.4, 0.5) is 5.82 Å². The largest absolute Gasteiger partial charge is 0.306 e. The lowest BCUT2D eigenvalue weighted by Crippen LogP contribution is -2.37. The molecule has 0 fully saturated rings. The monoisotopic (exact) mass is 276 g/mol. The molecule has 0 aliphatic rings. The minimum absolute atomic E-state index is 0.00931. The minimum Gasteiger partial charge on any atom is -0.306 e. The van der Waals surface area contributed by atoms with Crippen LogP contribution in [0.5, 0.6) is 0 Å². The number of hydrogen-bond acceptors (Lipinski definition) is 7. The van der Waals surface area contributed by atoms with Crippen molar-refractivity contribution in [1.29, 1.82) is 0 Å². The summed E-state index contributed by atoms with van der Waals surface area (Å²) in [6, 6.07) is 0. The van der Waals surface area contributed by atoms with Gasteiger partial charge in [-0.05, 0) is 0 Å². The summed E-state index contributed by atoms with van der Waals surface area (Å²) >= 11 is 1.32. The first-order valence-electron chi connectivity index (χ1n) is 4.57. The lowest BCUT2D eigenvalue weighted by Gasteiger charge is -2.12. The van der Waals surface area contributed by atoms with Gasteiger partial charge in [-0.3, -0.25) is 4.40 Å². The zero-order chi connectivity index (χ0) is 12.6. The summed E-state index contributed by atoms with van der Waals surface area (Å²) in [6.07, 6.45) is 1.62. The van der Waals surface area contributed by atoms with Gasteiger partial charge in [0.2, 0.25) is 5.03 Å². The van der Waals surface area contributed by atoms with Gasteiger partial charge in [-0.1, -0.05) is 0 Å². The zero-order valence-electron chi connectivity index (χ0n) is 9.21. The molecule has 0 saturated heterocycles. The molecule has 2 aromatic heterocycles. The van der Waals surface area contributed by atoms with Crippen molar-refractivity contribution in [2.24, 2.45) is 5.84 Å². The van der Waals surface area contributed by atoms with Gasteiger partial charge in [-0.25, -0.2) is 19.3 Å². The predicted octanol–water partition coefficient (Wildman–Crippen LogP) is -0.564. The second kappa shape index (κ2) is 4.23. The number of nitrogens with two attached hydrogens (primary N) is 1. The maximum atomic E-state index is 12.1. The van der Waals surface area contributed by atoms with Gasteiger partial charge in [0, 0.05) is 25.7 Å². The van der Waals surface area contributed by atoms with Gasteiger partial charge >= 0.3 is 0 Å². The second-order valence-electron chi connectivity index (χ2n) is 3.45. The van der Waals surface area contributed by atoms with E-state index in [4.69, 9.17) is 5.84 Å². The molecule has 10 heteroatoms. The number of imidazole rings is 1. The molecule has 0 aliphatic heterocycles. The number of thiazole rings is 1. The Balaban J connectivity index is 2.63. The van der Waals surface area contributed by atoms with E-state index < -0.39 is 10.0 Å². The molecule has 0 saturated carbocycles. The number of aromatic nitrogens is 2. The standard InChI is InChI=1S/C7H12N6O2S2/c1-12(2)11-17(14,15)6-5(10-8)9-7-13(6)3-4-16-7/h3-4,10-11H,8H2,1-2H3. The molecular formula is C7H12N6O2S2. The summed E-state index contributed by atoms with van der Waals surface area (Å²) < 4.78 is 25.6. The molecule has 0 bridgehead atoms. The molecule has 0 unspecified atom stereocenters. The zero-order valence-corrected chi connectivity index (χ0v) is 10.8. The Morgan fingerprint density at radius 3 is 2.82 bits per heavy atom. The van der Waals surface area contributed by atoms with E-state index in [0.29, 0.717) is 4.96 Å². The number of anilines is 1. The van der Waals surface area contributed by atoms with Gasteiger partial charge in [0.15, 0.2) is 10.8 Å². The molecule has 0 aromatic carbocycles. The fourth-order valence-electron chi connectivity index (χ4n) is 1.40. The van der Waals surface area contributed by atoms with E-state index in [0.717, 1.165) is 0 Å². The molecule has 17 heavy (non-hydrogen) atoms. The Labute approximate surface area is 102 Å². The van der Waals surface area contributed by atoms with E-state index in [1.165, 1.54) is 20.7 Å². The van der Waals surface area contributed by atoms with E-state index in [-0.39, 0.29) is 10.8 Å². The Bertz CT molecular complexity index is 628. The quantitative estimate of drug-likeness (QED) is 0.510. The third-order valence-electron chi connectivity index (χ3n) is 1.91. The molecule has 2 rings (SSSR count). The summed E-state index contributed by atoms with van der Waals surface area (Å²) in [5, 5.41) is 3.07. The first-order chi connectivity index (χ1) is 7.95. The Hall–Kier alpha value is -1.20. The van der Waals surface area contributed by atoms with Gasteiger partial charge in [0.25, 0.3) is 10.0 Å². The van der Waals surface area contributed by atoms with Gasteiger partial charge in [-0.2, -0.15) is 4.98 Å². The first-order valence-corrected chi connectivity index (χ1v) is 6.94. The van der Waals surface area contributed by atoms with Crippen LogP contribution in [0.15, 0.2) is 16.6 Å². The highest BCUT2D eigenvalue weighted by Crippen LogP contribution is 2.24. The molecule has 2 aromatic rings. The van der Waals surface area contributed by atoms with E-state index in [1.54, 1.807) is 25.7 Å². The molecule has 0 spiro atoms. The van der Waals surface area contributed by atoms with E-state index in [1.807, 2.05) is 0 Å². The average molecular weight is 276 g/mol. The van der Waals surface area contributed by atoms with Crippen molar-refractivity contribution in [3.8, 4) is 0 Å². The van der Waals surface area contributed by atoms with Crippen molar-refractivity contribution in [2.45, 2.75) is 5.03 Å². The van der Waals surface area contributed by atoms with E-state index in [2.05, 4.69) is 15.2 Å². The fraction of sp³-hybridized carbons (Fsp3) is 0.286. The molecular weight excluding hydrogens is 264 g/mol. The van der Waals surface area contributed by atoms with Crippen LogP contribution < -0.4 is 16.1 Å². The Kier molecular flexibility index (Phi) is 3.05. The highest BCUT2D eigenvalue weighted by Gasteiger charge is 2.26. The van der Waals surface area contributed by atoms with E-state index >= 15 is 0 Å². The van der Waals surface area contributed by atoms with Gasteiger partial charge in [0.1, 0.15) is 0 Å². The van der Waals surface area contributed by atoms with Crippen LogP contribution in [0.1, 0.15) is 0 Å². The number of fused-ring (bicyclic) bond motifs is 1. The topological polar surface area (TPSA) is 105 Å². The lowest BCUT2D eigenvalue weighted by molar-refractivity contribution is 0.363. The SMILES string of the molecule is CN(C)NS(=O)(=O)c1c(NN)nc2sccn12. The molecule has 0 amide bonds. The average Bonchev–Trinajstić information content (AvgIpc) is 2.72. The van der Waals surface area contributed by atoms with Crippen LogP contribution in [0.2, 0.25) is 0 Å². The third-order valence-corrected chi connectivity index (χ3v) is 4.17. The molecule has 0 aliphatic carbocycles. The van der Waals surface area contributed by atoms with Crippen LogP contribution in [0.25, 0.3) is 4.96 Å². The summed E-state index contributed by atoms with van der Waals surface area (Å²) in [4.78, 5) is 6.96. The highest BCUT2D eigenvalue weighted by atomic mass is 32.2. The molecule has 0 atom stereocenters. The number of rotatable bonds is 4. The van der Waals surface area contributed by atoms with Crippen LogP contribution in [-0.4, -0.2) is 36.9 Å². The predicted molar refractivity (Wildman–Crippen MR) is 64.9 cm³/mol. The minimum atomic E-state index is -3.71. The highest BCUT2D eigenvalue weighted by molar-refractivity contribution is 7.89. The fourth-order valence-corrected chi connectivity index (χ4v) is 3.50. The van der Waals surface area contributed by atoms with Crippen molar-refractivity contribution in [1.82, 2.24) is 19.2 Å². The van der Waals surface area contributed by atoms with Crippen molar-refractivity contribution < 1.29 is 8.42 Å². The summed E-state index contributed by atoms with van der Waals surface area (Å²) in [7, 11) is -0.550. The number of nitrogens with one attached hydrogen (secondary N) is 2. The maximum absolute atomic E-state index is 12.1. The summed E-state index contributed by atoms with van der Waals surface area (Å²) in [5.74, 6) is 5.39. The maximum Gasteiger partial charge on any atom is 0.273 e. The normalized spacial score (nSPS) is 12.5. The summed E-state index contributed by atoms with van der Waals surface area (Å²) in [6.45, 7) is 0. The van der Waals surface area contributed by atoms with E-state index in [9.17, 15) is 8.42 Å². The second-order valence-corrected chi connectivity index (χ2v) is 5.90. The molecule has 0 radical (unpaired) electrons. The molecule has 8 nitrogen and oxygen atoms in total. The van der Waals surface area contributed by atoms with Crippen LogP contribution >= 0.6 is 11.3 Å².